The summed E-state index contributed by atoms with van der Waals surface area (Å²) in [4.78, 5) is 16.3. The van der Waals surface area contributed by atoms with Gasteiger partial charge in [-0.1, -0.05) is 0 Å². The zero-order chi connectivity index (χ0) is 17.1. The van der Waals surface area contributed by atoms with Crippen molar-refractivity contribution in [3.05, 3.63) is 18.5 Å². The quantitative estimate of drug-likeness (QED) is 0.781. The van der Waals surface area contributed by atoms with Gasteiger partial charge in [0, 0.05) is 33.0 Å². The van der Waals surface area contributed by atoms with Crippen LogP contribution in [-0.4, -0.2) is 63.6 Å². The van der Waals surface area contributed by atoms with Gasteiger partial charge in [-0.25, -0.2) is 8.42 Å². The molecule has 2 rings (SSSR count). The molecule has 9 heteroatoms. The number of methoxy groups -OCH3 is 2. The molecule has 1 atom stereocenters. The fourth-order valence-electron chi connectivity index (χ4n) is 2.89. The smallest absolute Gasteiger partial charge is 0.245 e. The first kappa shape index (κ1) is 17.6. The maximum atomic E-state index is 13.0. The van der Waals surface area contributed by atoms with Crippen LogP contribution in [0.2, 0.25) is 0 Å². The Bertz CT molecular complexity index is 679. The lowest BCUT2D eigenvalue weighted by atomic mass is 9.97. The second kappa shape index (κ2) is 6.81. The molecule has 8 nitrogen and oxygen atoms in total. The molecule has 1 aliphatic heterocycles. The van der Waals surface area contributed by atoms with Crippen LogP contribution < -0.4 is 10.1 Å². The zero-order valence-electron chi connectivity index (χ0n) is 13.4. The monoisotopic (exact) mass is 343 g/mol. The Balaban J connectivity index is 2.49. The molecule has 0 aliphatic carbocycles. The Morgan fingerprint density at radius 3 is 2.78 bits per heavy atom. The lowest BCUT2D eigenvalue weighted by Gasteiger charge is -2.35. The molecular weight excluding hydrogens is 322 g/mol. The Morgan fingerprint density at radius 2 is 2.17 bits per heavy atom. The molecule has 1 aliphatic rings. The molecule has 2 heterocycles. The topological polar surface area (TPSA) is 97.8 Å². The lowest BCUT2D eigenvalue weighted by Crippen LogP contribution is -2.59. The van der Waals surface area contributed by atoms with Gasteiger partial charge in [0.05, 0.1) is 19.9 Å². The highest BCUT2D eigenvalue weighted by Crippen LogP contribution is 2.35. The standard InChI is InChI=1S/C14H21N3O5S/c1-15-13(18)14(10-21-2)5-4-6-17(14)23(19,20)12-7-11(22-3)8-16-9-12/h7-9H,4-6,10H2,1-3H3,(H,15,18). The molecule has 1 fully saturated rings. The molecule has 1 N–H and O–H groups in total. The average Bonchev–Trinajstić information content (AvgIpc) is 3.00. The number of pyridine rings is 1. The molecule has 0 bridgehead atoms. The van der Waals surface area contributed by atoms with E-state index in [9.17, 15) is 13.2 Å². The highest BCUT2D eigenvalue weighted by Gasteiger charge is 2.52. The first-order chi connectivity index (χ1) is 10.9. The third-order valence-electron chi connectivity index (χ3n) is 3.97. The predicted molar refractivity (Wildman–Crippen MR) is 82.6 cm³/mol. The van der Waals surface area contributed by atoms with E-state index in [-0.39, 0.29) is 24.0 Å². The van der Waals surface area contributed by atoms with E-state index in [1.54, 1.807) is 0 Å². The number of hydrogen-bond donors (Lipinski definition) is 1. The van der Waals surface area contributed by atoms with Crippen LogP contribution >= 0.6 is 0 Å². The fraction of sp³-hybridized carbons (Fsp3) is 0.571. The molecule has 1 aromatic rings. The molecule has 1 unspecified atom stereocenters. The summed E-state index contributed by atoms with van der Waals surface area (Å²) < 4.78 is 37.4. The van der Waals surface area contributed by atoms with Gasteiger partial charge in [0.15, 0.2) is 0 Å². The van der Waals surface area contributed by atoms with E-state index in [4.69, 9.17) is 9.47 Å². The number of rotatable bonds is 6. The number of hydrogen-bond acceptors (Lipinski definition) is 6. The highest BCUT2D eigenvalue weighted by molar-refractivity contribution is 7.89. The van der Waals surface area contributed by atoms with Crippen molar-refractivity contribution in [2.24, 2.45) is 0 Å². The van der Waals surface area contributed by atoms with E-state index in [1.807, 2.05) is 0 Å². The minimum atomic E-state index is -3.91. The van der Waals surface area contributed by atoms with Gasteiger partial charge in [-0.3, -0.25) is 9.78 Å². The van der Waals surface area contributed by atoms with Crippen LogP contribution in [0.15, 0.2) is 23.4 Å². The molecule has 1 aromatic heterocycles. The maximum absolute atomic E-state index is 13.0. The van der Waals surface area contributed by atoms with E-state index >= 15 is 0 Å². The van der Waals surface area contributed by atoms with Gasteiger partial charge in [0.2, 0.25) is 15.9 Å². The Labute approximate surface area is 135 Å². The lowest BCUT2D eigenvalue weighted by molar-refractivity contribution is -0.131. The summed E-state index contributed by atoms with van der Waals surface area (Å²) in [6.45, 7) is 0.236. The average molecular weight is 343 g/mol. The van der Waals surface area contributed by atoms with Crippen molar-refractivity contribution < 1.29 is 22.7 Å². The highest BCUT2D eigenvalue weighted by atomic mass is 32.2. The van der Waals surface area contributed by atoms with Crippen molar-refractivity contribution in [2.75, 3.05) is 34.4 Å². The molecule has 128 valence electrons. The second-order valence-electron chi connectivity index (χ2n) is 5.28. The number of ether oxygens (including phenoxy) is 2. The number of aromatic nitrogens is 1. The van der Waals surface area contributed by atoms with E-state index in [0.29, 0.717) is 18.6 Å². The van der Waals surface area contributed by atoms with Gasteiger partial charge in [0.1, 0.15) is 16.2 Å². The van der Waals surface area contributed by atoms with Gasteiger partial charge in [-0.2, -0.15) is 4.31 Å². The van der Waals surface area contributed by atoms with Gasteiger partial charge in [-0.15, -0.1) is 0 Å². The number of nitrogens with zero attached hydrogens (tertiary/aromatic N) is 2. The van der Waals surface area contributed by atoms with Crippen LogP contribution in [0, 0.1) is 0 Å². The normalized spacial score (nSPS) is 22.0. The van der Waals surface area contributed by atoms with Crippen molar-refractivity contribution in [1.82, 2.24) is 14.6 Å². The number of amides is 1. The SMILES string of the molecule is CNC(=O)C1(COC)CCCN1S(=O)(=O)c1cncc(OC)c1. The van der Waals surface area contributed by atoms with Crippen LogP contribution in [-0.2, 0) is 19.6 Å². The van der Waals surface area contributed by atoms with Crippen molar-refractivity contribution >= 4 is 15.9 Å². The van der Waals surface area contributed by atoms with Crippen LogP contribution in [0.5, 0.6) is 5.75 Å². The first-order valence-corrected chi connectivity index (χ1v) is 8.59. The van der Waals surface area contributed by atoms with Crippen molar-refractivity contribution in [1.29, 1.82) is 0 Å². The van der Waals surface area contributed by atoms with Gasteiger partial charge in [0.25, 0.3) is 0 Å². The molecule has 1 saturated heterocycles. The summed E-state index contributed by atoms with van der Waals surface area (Å²) in [5.74, 6) is -0.0427. The molecule has 0 saturated carbocycles. The van der Waals surface area contributed by atoms with Crippen molar-refractivity contribution in [3.8, 4) is 5.75 Å². The summed E-state index contributed by atoms with van der Waals surface area (Å²) in [5, 5.41) is 2.54. The van der Waals surface area contributed by atoms with E-state index < -0.39 is 15.6 Å². The fourth-order valence-corrected chi connectivity index (χ4v) is 4.66. The van der Waals surface area contributed by atoms with Crippen LogP contribution in [0.25, 0.3) is 0 Å². The molecule has 0 aromatic carbocycles. The third-order valence-corrected chi connectivity index (χ3v) is 5.90. The number of likely N-dealkylation sites (N-methyl/N-ethyl adjacent to an activating group) is 1. The Kier molecular flexibility index (Phi) is 5.23. The molecular formula is C14H21N3O5S. The third kappa shape index (κ3) is 3.04. The number of nitrogens with one attached hydrogen (secondary N) is 1. The molecule has 1 amide bonds. The summed E-state index contributed by atoms with van der Waals surface area (Å²) in [6.07, 6.45) is 3.65. The van der Waals surface area contributed by atoms with E-state index in [0.717, 1.165) is 0 Å². The first-order valence-electron chi connectivity index (χ1n) is 7.15. The summed E-state index contributed by atoms with van der Waals surface area (Å²) in [7, 11) is 0.455. The van der Waals surface area contributed by atoms with Crippen molar-refractivity contribution in [2.45, 2.75) is 23.3 Å². The van der Waals surface area contributed by atoms with Crippen LogP contribution in [0.3, 0.4) is 0 Å². The largest absolute Gasteiger partial charge is 0.495 e. The Hall–Kier alpha value is -1.71. The van der Waals surface area contributed by atoms with Gasteiger partial charge in [-0.05, 0) is 12.8 Å². The van der Waals surface area contributed by atoms with Gasteiger partial charge < -0.3 is 14.8 Å². The zero-order valence-corrected chi connectivity index (χ0v) is 14.2. The summed E-state index contributed by atoms with van der Waals surface area (Å²) in [5.41, 5.74) is -1.24. The minimum Gasteiger partial charge on any atom is -0.495 e. The number of carbonyl (C=O) groups is 1. The molecule has 0 radical (unpaired) electrons. The minimum absolute atomic E-state index is 0.0106. The number of carbonyl (C=O) groups excluding carboxylic acids is 1. The van der Waals surface area contributed by atoms with Crippen LogP contribution in [0.1, 0.15) is 12.8 Å². The van der Waals surface area contributed by atoms with Crippen LogP contribution in [0.4, 0.5) is 0 Å². The van der Waals surface area contributed by atoms with Crippen molar-refractivity contribution in [3.63, 3.8) is 0 Å². The molecule has 23 heavy (non-hydrogen) atoms. The second-order valence-corrected chi connectivity index (χ2v) is 7.15. The maximum Gasteiger partial charge on any atom is 0.245 e. The van der Waals surface area contributed by atoms with Gasteiger partial charge >= 0.3 is 0 Å². The summed E-state index contributed by atoms with van der Waals surface area (Å²) in [6, 6.07) is 1.39. The van der Waals surface area contributed by atoms with E-state index in [1.165, 1.54) is 44.0 Å². The summed E-state index contributed by atoms with van der Waals surface area (Å²) >= 11 is 0. The van der Waals surface area contributed by atoms with E-state index in [2.05, 4.69) is 10.3 Å². The predicted octanol–water partition coefficient (Wildman–Crippen LogP) is 0.00590. The molecule has 0 spiro atoms. The Morgan fingerprint density at radius 1 is 1.43 bits per heavy atom. The number of sulfonamides is 1.